The highest BCUT2D eigenvalue weighted by atomic mass is 16.5. The van der Waals surface area contributed by atoms with Crippen LogP contribution in [0, 0.1) is 13.8 Å². The minimum absolute atomic E-state index is 0.0724. The van der Waals surface area contributed by atoms with E-state index < -0.39 is 0 Å². The Balaban J connectivity index is 1.50. The van der Waals surface area contributed by atoms with Crippen molar-refractivity contribution < 1.29 is 14.3 Å². The van der Waals surface area contributed by atoms with Crippen LogP contribution in [-0.2, 0) is 22.6 Å². The standard InChI is InChI=1S/C39H46N2O3/c1-8-11-21-44-39(43)35(10-3)34(9-2)31-17-15-29(16-18-31)25-41-28(7)27(6)36-23-33(19-20-37(36)41)38(42)40-24-30-13-12-14-32(22-30)26(4)5/h9-10,12-20,22-23,26H,8,11,21,24-25H2,1-7H3,(H,40,42)/b34-9-,35-10+. The molecule has 1 heterocycles. The molecule has 0 unspecified atom stereocenters. The maximum Gasteiger partial charge on any atom is 0.338 e. The van der Waals surface area contributed by atoms with Gasteiger partial charge in [0, 0.05) is 35.2 Å². The van der Waals surface area contributed by atoms with Gasteiger partial charge in [0.15, 0.2) is 0 Å². The molecular formula is C39H46N2O3. The summed E-state index contributed by atoms with van der Waals surface area (Å²) in [5.74, 6) is 0.0945. The zero-order valence-corrected chi connectivity index (χ0v) is 27.3. The summed E-state index contributed by atoms with van der Waals surface area (Å²) < 4.78 is 7.79. The number of carbonyl (C=O) groups is 2. The number of ether oxygens (including phenoxy) is 1. The van der Waals surface area contributed by atoms with E-state index in [0.29, 0.717) is 36.8 Å². The molecule has 0 atom stereocenters. The number of esters is 1. The van der Waals surface area contributed by atoms with E-state index in [4.69, 9.17) is 4.74 Å². The fourth-order valence-corrected chi connectivity index (χ4v) is 5.56. The summed E-state index contributed by atoms with van der Waals surface area (Å²) in [5, 5.41) is 4.18. The molecule has 5 heteroatoms. The summed E-state index contributed by atoms with van der Waals surface area (Å²) in [6.45, 7) is 16.1. The average Bonchev–Trinajstić information content (AvgIpc) is 3.27. The first kappa shape index (κ1) is 32.5. The van der Waals surface area contributed by atoms with Crippen molar-refractivity contribution in [3.05, 3.63) is 124 Å². The van der Waals surface area contributed by atoms with Gasteiger partial charge in [-0.2, -0.15) is 0 Å². The number of carbonyl (C=O) groups excluding carboxylic acids is 2. The lowest BCUT2D eigenvalue weighted by molar-refractivity contribution is -0.138. The molecule has 0 aliphatic heterocycles. The van der Waals surface area contributed by atoms with Gasteiger partial charge >= 0.3 is 5.97 Å². The quantitative estimate of drug-likeness (QED) is 0.0775. The third kappa shape index (κ3) is 7.39. The Morgan fingerprint density at radius 3 is 2.30 bits per heavy atom. The van der Waals surface area contributed by atoms with Gasteiger partial charge in [0.2, 0.25) is 0 Å². The van der Waals surface area contributed by atoms with Gasteiger partial charge in [0.25, 0.3) is 5.91 Å². The molecule has 1 aromatic heterocycles. The van der Waals surface area contributed by atoms with Crippen LogP contribution in [0.2, 0.25) is 0 Å². The largest absolute Gasteiger partial charge is 0.462 e. The van der Waals surface area contributed by atoms with E-state index in [0.717, 1.165) is 46.0 Å². The Bertz CT molecular complexity index is 1690. The smallest absolute Gasteiger partial charge is 0.338 e. The molecule has 0 aliphatic carbocycles. The van der Waals surface area contributed by atoms with E-state index in [1.165, 1.54) is 16.8 Å². The molecule has 0 aliphatic rings. The summed E-state index contributed by atoms with van der Waals surface area (Å²) in [4.78, 5) is 25.8. The number of aromatic nitrogens is 1. The molecule has 1 amide bonds. The Morgan fingerprint density at radius 1 is 0.909 bits per heavy atom. The maximum absolute atomic E-state index is 13.1. The van der Waals surface area contributed by atoms with E-state index >= 15 is 0 Å². The summed E-state index contributed by atoms with van der Waals surface area (Å²) in [5.41, 5.74) is 10.1. The van der Waals surface area contributed by atoms with Crippen molar-refractivity contribution in [1.82, 2.24) is 9.88 Å². The van der Waals surface area contributed by atoms with Gasteiger partial charge in [-0.1, -0.05) is 87.9 Å². The zero-order valence-electron chi connectivity index (χ0n) is 27.3. The molecule has 0 bridgehead atoms. The molecule has 0 saturated heterocycles. The lowest BCUT2D eigenvalue weighted by atomic mass is 9.96. The van der Waals surface area contributed by atoms with Gasteiger partial charge in [-0.3, -0.25) is 4.79 Å². The van der Waals surface area contributed by atoms with E-state index in [-0.39, 0.29) is 11.9 Å². The third-order valence-corrected chi connectivity index (χ3v) is 8.40. The van der Waals surface area contributed by atoms with E-state index in [2.05, 4.69) is 99.1 Å². The van der Waals surface area contributed by atoms with Crippen LogP contribution in [-0.4, -0.2) is 23.1 Å². The number of hydrogen-bond donors (Lipinski definition) is 1. The average molecular weight is 591 g/mol. The number of hydrogen-bond acceptors (Lipinski definition) is 3. The predicted octanol–water partition coefficient (Wildman–Crippen LogP) is 9.05. The van der Waals surface area contributed by atoms with Crippen LogP contribution in [0.15, 0.2) is 84.5 Å². The molecule has 1 N–H and O–H groups in total. The minimum Gasteiger partial charge on any atom is -0.462 e. The van der Waals surface area contributed by atoms with Crippen molar-refractivity contribution in [3.63, 3.8) is 0 Å². The molecule has 3 aromatic carbocycles. The SMILES string of the molecule is C/C=C(\C(=C/C)C(=O)OCCCC)c1ccc(Cn2c(C)c(C)c3cc(C(=O)NCc4cccc(C(C)C)c4)ccc32)cc1. The van der Waals surface area contributed by atoms with Gasteiger partial charge < -0.3 is 14.6 Å². The van der Waals surface area contributed by atoms with Crippen molar-refractivity contribution in [2.75, 3.05) is 6.61 Å². The van der Waals surface area contributed by atoms with Crippen molar-refractivity contribution in [2.45, 2.75) is 80.3 Å². The summed E-state index contributed by atoms with van der Waals surface area (Å²) in [6, 6.07) is 22.7. The first-order valence-electron chi connectivity index (χ1n) is 15.7. The molecule has 5 nitrogen and oxygen atoms in total. The van der Waals surface area contributed by atoms with Gasteiger partial charge in [-0.05, 0) is 91.6 Å². The first-order valence-corrected chi connectivity index (χ1v) is 15.7. The number of unbranched alkanes of at least 4 members (excludes halogenated alkanes) is 1. The summed E-state index contributed by atoms with van der Waals surface area (Å²) >= 11 is 0. The van der Waals surface area contributed by atoms with Gasteiger partial charge in [-0.25, -0.2) is 4.79 Å². The van der Waals surface area contributed by atoms with Gasteiger partial charge in [-0.15, -0.1) is 0 Å². The number of nitrogens with one attached hydrogen (secondary N) is 1. The maximum atomic E-state index is 13.1. The second kappa shape index (κ2) is 14.9. The number of nitrogens with zero attached hydrogens (tertiary/aromatic N) is 1. The number of fused-ring (bicyclic) bond motifs is 1. The highest BCUT2D eigenvalue weighted by Crippen LogP contribution is 2.29. The third-order valence-electron chi connectivity index (χ3n) is 8.40. The molecule has 0 fully saturated rings. The molecule has 4 rings (SSSR count). The fraction of sp³-hybridized carbons (Fsp3) is 0.333. The summed E-state index contributed by atoms with van der Waals surface area (Å²) in [6.07, 6.45) is 5.64. The molecule has 0 radical (unpaired) electrons. The molecule has 230 valence electrons. The van der Waals surface area contributed by atoms with Crippen LogP contribution < -0.4 is 5.32 Å². The van der Waals surface area contributed by atoms with Crippen LogP contribution in [0.3, 0.4) is 0 Å². The molecular weight excluding hydrogens is 544 g/mol. The van der Waals surface area contributed by atoms with Crippen LogP contribution in [0.25, 0.3) is 16.5 Å². The van der Waals surface area contributed by atoms with Gasteiger partial charge in [0.1, 0.15) is 0 Å². The number of benzene rings is 3. The Hall–Kier alpha value is -4.38. The van der Waals surface area contributed by atoms with Crippen LogP contribution in [0.4, 0.5) is 0 Å². The second-order valence-corrected chi connectivity index (χ2v) is 11.7. The van der Waals surface area contributed by atoms with Crippen molar-refractivity contribution in [3.8, 4) is 0 Å². The molecule has 0 saturated carbocycles. The van der Waals surface area contributed by atoms with Crippen LogP contribution in [0.5, 0.6) is 0 Å². The Labute approximate surface area is 262 Å². The van der Waals surface area contributed by atoms with E-state index in [1.807, 2.05) is 38.1 Å². The minimum atomic E-state index is -0.281. The lowest BCUT2D eigenvalue weighted by Crippen LogP contribution is -2.22. The van der Waals surface area contributed by atoms with Crippen molar-refractivity contribution >= 4 is 28.4 Å². The van der Waals surface area contributed by atoms with E-state index in [9.17, 15) is 9.59 Å². The van der Waals surface area contributed by atoms with Crippen LogP contribution in [0.1, 0.15) is 97.2 Å². The highest BCUT2D eigenvalue weighted by Gasteiger charge is 2.18. The fourth-order valence-electron chi connectivity index (χ4n) is 5.56. The number of rotatable bonds is 12. The monoisotopic (exact) mass is 590 g/mol. The molecule has 4 aromatic rings. The Morgan fingerprint density at radius 2 is 1.64 bits per heavy atom. The number of allylic oxidation sites excluding steroid dienone is 2. The molecule has 44 heavy (non-hydrogen) atoms. The molecule has 0 spiro atoms. The van der Waals surface area contributed by atoms with Crippen LogP contribution >= 0.6 is 0 Å². The highest BCUT2D eigenvalue weighted by molar-refractivity contribution is 6.06. The van der Waals surface area contributed by atoms with Crippen molar-refractivity contribution in [2.24, 2.45) is 0 Å². The van der Waals surface area contributed by atoms with Gasteiger partial charge in [0.05, 0.1) is 12.2 Å². The first-order chi connectivity index (χ1) is 21.2. The van der Waals surface area contributed by atoms with Crippen molar-refractivity contribution in [1.29, 1.82) is 0 Å². The Kier molecular flexibility index (Phi) is 11.0. The topological polar surface area (TPSA) is 60.3 Å². The second-order valence-electron chi connectivity index (χ2n) is 11.7. The predicted molar refractivity (Wildman–Crippen MR) is 182 cm³/mol. The number of aryl methyl sites for hydroxylation is 1. The normalized spacial score (nSPS) is 12.2. The van der Waals surface area contributed by atoms with E-state index in [1.54, 1.807) is 0 Å². The summed E-state index contributed by atoms with van der Waals surface area (Å²) in [7, 11) is 0. The lowest BCUT2D eigenvalue weighted by Gasteiger charge is -2.14. The number of amides is 1. The zero-order chi connectivity index (χ0) is 31.8.